The zero-order valence-electron chi connectivity index (χ0n) is 24.0. The molecule has 4 nitrogen and oxygen atoms in total. The van der Waals surface area contributed by atoms with Gasteiger partial charge in [-0.15, -0.1) is 0 Å². The molecule has 5 rings (SSSR count). The number of allylic oxidation sites excluding steroid dienone is 2. The molecule has 4 saturated carbocycles. The summed E-state index contributed by atoms with van der Waals surface area (Å²) in [5, 5.41) is 0. The van der Waals surface area contributed by atoms with Crippen molar-refractivity contribution in [1.82, 2.24) is 0 Å². The van der Waals surface area contributed by atoms with Gasteiger partial charge in [0.1, 0.15) is 5.78 Å². The molecule has 0 N–H and O–H groups in total. The monoisotopic (exact) mass is 496 g/mol. The van der Waals surface area contributed by atoms with Crippen LogP contribution in [0, 0.1) is 56.7 Å². The van der Waals surface area contributed by atoms with Gasteiger partial charge in [-0.05, 0) is 90.9 Å². The molecule has 0 unspecified atom stereocenters. The van der Waals surface area contributed by atoms with Crippen molar-refractivity contribution in [2.45, 2.75) is 107 Å². The average Bonchev–Trinajstić information content (AvgIpc) is 2.79. The minimum atomic E-state index is -0.363. The van der Waals surface area contributed by atoms with Gasteiger partial charge in [0.25, 0.3) is 0 Å². The number of rotatable bonds is 2. The van der Waals surface area contributed by atoms with E-state index < -0.39 is 0 Å². The molecule has 0 saturated heterocycles. The Bertz CT molecular complexity index is 1020. The molecule has 0 amide bonds. The Kier molecular flexibility index (Phi) is 5.83. The van der Waals surface area contributed by atoms with Crippen LogP contribution in [-0.2, 0) is 19.1 Å². The predicted octanol–water partition coefficient (Wildman–Crippen LogP) is 6.96. The van der Waals surface area contributed by atoms with Crippen LogP contribution in [0.3, 0.4) is 0 Å². The highest BCUT2D eigenvalue weighted by molar-refractivity contribution is 5.96. The first kappa shape index (κ1) is 26.2. The maximum Gasteiger partial charge on any atom is 0.302 e. The van der Waals surface area contributed by atoms with Crippen molar-refractivity contribution in [2.24, 2.45) is 56.7 Å². The summed E-state index contributed by atoms with van der Waals surface area (Å²) in [6.07, 6.45) is 9.85. The van der Waals surface area contributed by atoms with E-state index in [0.29, 0.717) is 36.4 Å². The third kappa shape index (κ3) is 3.20. The fourth-order valence-corrected chi connectivity index (χ4v) is 10.8. The Morgan fingerprint density at radius 3 is 2.33 bits per heavy atom. The number of carbonyl (C=O) groups is 3. The first-order valence-corrected chi connectivity index (χ1v) is 14.6. The van der Waals surface area contributed by atoms with Gasteiger partial charge in [0.2, 0.25) is 0 Å². The van der Waals surface area contributed by atoms with Crippen molar-refractivity contribution in [3.05, 3.63) is 11.6 Å². The number of carbonyl (C=O) groups excluding carboxylic acids is 3. The van der Waals surface area contributed by atoms with E-state index in [0.717, 1.165) is 44.9 Å². The van der Waals surface area contributed by atoms with Crippen molar-refractivity contribution in [3.63, 3.8) is 0 Å². The number of fused-ring (bicyclic) bond motifs is 7. The summed E-state index contributed by atoms with van der Waals surface area (Å²) >= 11 is 0. The van der Waals surface area contributed by atoms with Crippen LogP contribution in [0.4, 0.5) is 0 Å². The second-order valence-corrected chi connectivity index (χ2v) is 14.9. The Hall–Kier alpha value is -1.45. The Balaban J connectivity index is 1.63. The van der Waals surface area contributed by atoms with Crippen LogP contribution in [0.2, 0.25) is 0 Å². The van der Waals surface area contributed by atoms with E-state index >= 15 is 0 Å². The third-order valence-corrected chi connectivity index (χ3v) is 13.2. The van der Waals surface area contributed by atoms with E-state index in [1.807, 2.05) is 0 Å². The lowest BCUT2D eigenvalue weighted by molar-refractivity contribution is -0.191. The smallest absolute Gasteiger partial charge is 0.302 e. The van der Waals surface area contributed by atoms with Gasteiger partial charge in [-0.3, -0.25) is 14.4 Å². The molecule has 36 heavy (non-hydrogen) atoms. The summed E-state index contributed by atoms with van der Waals surface area (Å²) in [5.74, 6) is 2.00. The zero-order valence-corrected chi connectivity index (χ0v) is 24.0. The summed E-state index contributed by atoms with van der Waals surface area (Å²) in [7, 11) is 0. The molecule has 0 aliphatic heterocycles. The van der Waals surface area contributed by atoms with Crippen molar-refractivity contribution >= 4 is 17.5 Å². The minimum absolute atomic E-state index is 0.0397. The van der Waals surface area contributed by atoms with Crippen LogP contribution in [-0.4, -0.2) is 24.1 Å². The molecule has 5 aliphatic rings. The summed E-state index contributed by atoms with van der Waals surface area (Å²) in [4.78, 5) is 39.2. The van der Waals surface area contributed by atoms with Crippen LogP contribution in [0.1, 0.15) is 107 Å². The van der Waals surface area contributed by atoms with Crippen molar-refractivity contribution < 1.29 is 19.1 Å². The highest BCUT2D eigenvalue weighted by atomic mass is 16.5. The molecular weight excluding hydrogens is 448 g/mol. The van der Waals surface area contributed by atoms with E-state index in [-0.39, 0.29) is 50.8 Å². The largest absolute Gasteiger partial charge is 0.465 e. The lowest BCUT2D eigenvalue weighted by Gasteiger charge is -2.70. The molecule has 9 atom stereocenters. The number of esters is 1. The van der Waals surface area contributed by atoms with E-state index in [4.69, 9.17) is 4.74 Å². The van der Waals surface area contributed by atoms with Gasteiger partial charge >= 0.3 is 5.97 Å². The van der Waals surface area contributed by atoms with Gasteiger partial charge in [0, 0.05) is 30.1 Å². The summed E-state index contributed by atoms with van der Waals surface area (Å²) < 4.78 is 5.73. The Morgan fingerprint density at radius 1 is 0.972 bits per heavy atom. The molecule has 0 radical (unpaired) electrons. The van der Waals surface area contributed by atoms with Gasteiger partial charge in [0.05, 0.1) is 6.61 Å². The molecule has 4 heteroatoms. The van der Waals surface area contributed by atoms with E-state index in [1.54, 1.807) is 0 Å². The average molecular weight is 497 g/mol. The number of ketones is 2. The SMILES string of the molecule is CC(=O)OC[C@]12CC[C@@H](C)[C@H](C)[C@H]1C1=CC(=O)[C@@H]3[C@@]4(C)CCC(=O)C(C)(C)[C@@H]4CC[C@@]3(C)[C@]1(C)CC2. The highest BCUT2D eigenvalue weighted by Gasteiger charge is 2.70. The van der Waals surface area contributed by atoms with E-state index in [9.17, 15) is 14.4 Å². The summed E-state index contributed by atoms with van der Waals surface area (Å²) in [6.45, 7) is 18.2. The highest BCUT2D eigenvalue weighted by Crippen LogP contribution is 2.74. The van der Waals surface area contributed by atoms with Gasteiger partial charge < -0.3 is 4.74 Å². The Morgan fingerprint density at radius 2 is 1.67 bits per heavy atom. The van der Waals surface area contributed by atoms with Crippen LogP contribution >= 0.6 is 0 Å². The second-order valence-electron chi connectivity index (χ2n) is 14.9. The van der Waals surface area contributed by atoms with Crippen molar-refractivity contribution in [2.75, 3.05) is 6.61 Å². The van der Waals surface area contributed by atoms with Gasteiger partial charge in [-0.2, -0.15) is 0 Å². The third-order valence-electron chi connectivity index (χ3n) is 13.2. The molecule has 0 heterocycles. The number of hydrogen-bond donors (Lipinski definition) is 0. The van der Waals surface area contributed by atoms with E-state index in [2.05, 4.69) is 54.5 Å². The molecule has 0 aromatic heterocycles. The normalized spacial score (nSPS) is 49.7. The van der Waals surface area contributed by atoms with Crippen molar-refractivity contribution in [3.8, 4) is 0 Å². The molecule has 0 aromatic carbocycles. The standard InChI is InChI=1S/C32H48O4/c1-19-9-14-32(18-36-21(3)33)16-15-30(7)22(26(32)20(19)2)17-23(34)27-29(6)12-11-25(35)28(4,5)24(29)10-13-31(27,30)8/h17,19-20,24,26-27H,9-16,18H2,1-8H3/t19-,20+,24+,26+,27-,29+,30-,31-,32-/m1/s1. The first-order chi connectivity index (χ1) is 16.6. The molecule has 0 spiro atoms. The molecule has 200 valence electrons. The summed E-state index contributed by atoms with van der Waals surface area (Å²) in [6, 6.07) is 0. The fraction of sp³-hybridized carbons (Fsp3) is 0.844. The van der Waals surface area contributed by atoms with Crippen LogP contribution < -0.4 is 0 Å². The molecule has 0 aromatic rings. The topological polar surface area (TPSA) is 60.4 Å². The Labute approximate surface area is 218 Å². The van der Waals surface area contributed by atoms with E-state index in [1.165, 1.54) is 12.5 Å². The van der Waals surface area contributed by atoms with Crippen molar-refractivity contribution in [1.29, 1.82) is 0 Å². The van der Waals surface area contributed by atoms with Crippen LogP contribution in [0.5, 0.6) is 0 Å². The molecule has 5 aliphatic carbocycles. The number of hydrogen-bond acceptors (Lipinski definition) is 4. The van der Waals surface area contributed by atoms with Gasteiger partial charge in [-0.25, -0.2) is 0 Å². The summed E-state index contributed by atoms with van der Waals surface area (Å²) in [5.41, 5.74) is 0.609. The number of Topliss-reactive ketones (excluding diaryl/α,β-unsaturated/α-hetero) is 1. The lowest BCUT2D eigenvalue weighted by Crippen LogP contribution is -2.66. The van der Waals surface area contributed by atoms with Crippen LogP contribution in [0.25, 0.3) is 0 Å². The zero-order chi connectivity index (χ0) is 26.5. The second kappa shape index (κ2) is 8.03. The molecule has 0 bridgehead atoms. The number of ether oxygens (including phenoxy) is 1. The quantitative estimate of drug-likeness (QED) is 0.388. The first-order valence-electron chi connectivity index (χ1n) is 14.6. The maximum absolute atomic E-state index is 14.4. The van der Waals surface area contributed by atoms with Gasteiger partial charge in [0.15, 0.2) is 5.78 Å². The van der Waals surface area contributed by atoms with Crippen LogP contribution in [0.15, 0.2) is 11.6 Å². The maximum atomic E-state index is 14.4. The fourth-order valence-electron chi connectivity index (χ4n) is 10.8. The minimum Gasteiger partial charge on any atom is -0.465 e. The molecular formula is C32H48O4. The molecule has 4 fully saturated rings. The predicted molar refractivity (Wildman–Crippen MR) is 141 cm³/mol. The van der Waals surface area contributed by atoms with Gasteiger partial charge in [-0.1, -0.05) is 54.0 Å². The lowest BCUT2D eigenvalue weighted by atomic mass is 9.33.